The molecule has 0 bridgehead atoms. The van der Waals surface area contributed by atoms with Gasteiger partial charge in [-0.3, -0.25) is 9.88 Å². The number of pyridine rings is 1. The molecule has 1 aromatic carbocycles. The molecule has 0 amide bonds. The van der Waals surface area contributed by atoms with E-state index >= 15 is 0 Å². The first-order chi connectivity index (χ1) is 13.1. The van der Waals surface area contributed by atoms with E-state index in [1.54, 1.807) is 6.20 Å². The highest BCUT2D eigenvalue weighted by atomic mass is 19.1. The zero-order chi connectivity index (χ0) is 18.8. The van der Waals surface area contributed by atoms with Crippen molar-refractivity contribution < 1.29 is 8.78 Å². The van der Waals surface area contributed by atoms with E-state index in [4.69, 9.17) is 0 Å². The Morgan fingerprint density at radius 3 is 2.85 bits per heavy atom. The summed E-state index contributed by atoms with van der Waals surface area (Å²) in [5.41, 5.74) is 2.63. The standard InChI is InChI=1S/C21H22F2N4/c1-15-11-25-21(16-4-2-8-24-12-16)27(15)19-5-3-9-26(14-19)13-17-6-7-18(22)10-20(17)23/h2,4,6-8,10-12,19H,3,5,9,13-14H2,1H3. The molecule has 3 aromatic rings. The largest absolute Gasteiger partial charge is 0.324 e. The molecule has 0 N–H and O–H groups in total. The maximum atomic E-state index is 14.0. The van der Waals surface area contributed by atoms with Crippen LogP contribution >= 0.6 is 0 Å². The molecule has 1 aliphatic rings. The molecule has 2 aromatic heterocycles. The first kappa shape index (κ1) is 17.8. The van der Waals surface area contributed by atoms with E-state index in [1.807, 2.05) is 24.5 Å². The number of hydrogen-bond acceptors (Lipinski definition) is 3. The van der Waals surface area contributed by atoms with Gasteiger partial charge in [0.2, 0.25) is 0 Å². The second-order valence-corrected chi connectivity index (χ2v) is 7.10. The van der Waals surface area contributed by atoms with Gasteiger partial charge in [0.1, 0.15) is 17.5 Å². The lowest BCUT2D eigenvalue weighted by atomic mass is 10.0. The zero-order valence-electron chi connectivity index (χ0n) is 15.3. The van der Waals surface area contributed by atoms with Gasteiger partial charge in [-0.1, -0.05) is 6.07 Å². The quantitative estimate of drug-likeness (QED) is 0.686. The predicted octanol–water partition coefficient (Wildman–Crippen LogP) is 4.37. The number of hydrogen-bond donors (Lipinski definition) is 0. The van der Waals surface area contributed by atoms with E-state index in [2.05, 4.69) is 26.4 Å². The number of likely N-dealkylation sites (tertiary alicyclic amines) is 1. The molecule has 1 unspecified atom stereocenters. The second kappa shape index (κ2) is 7.56. The Kier molecular flexibility index (Phi) is 4.99. The number of halogens is 2. The summed E-state index contributed by atoms with van der Waals surface area (Å²) in [7, 11) is 0. The van der Waals surface area contributed by atoms with Gasteiger partial charge in [0, 0.05) is 60.6 Å². The number of aromatic nitrogens is 3. The molecule has 1 saturated heterocycles. The van der Waals surface area contributed by atoms with Crippen LogP contribution in [0.4, 0.5) is 8.78 Å². The fraction of sp³-hybridized carbons (Fsp3) is 0.333. The molecule has 6 heteroatoms. The molecule has 0 saturated carbocycles. The van der Waals surface area contributed by atoms with Gasteiger partial charge in [0.25, 0.3) is 0 Å². The van der Waals surface area contributed by atoms with Crippen LogP contribution in [0.3, 0.4) is 0 Å². The lowest BCUT2D eigenvalue weighted by Gasteiger charge is -2.34. The maximum Gasteiger partial charge on any atom is 0.141 e. The van der Waals surface area contributed by atoms with Gasteiger partial charge in [0.05, 0.1) is 0 Å². The van der Waals surface area contributed by atoms with Crippen molar-refractivity contribution in [3.8, 4) is 11.4 Å². The van der Waals surface area contributed by atoms with E-state index in [-0.39, 0.29) is 6.04 Å². The number of piperidine rings is 1. The van der Waals surface area contributed by atoms with Crippen LogP contribution in [-0.4, -0.2) is 32.5 Å². The SMILES string of the molecule is Cc1cnc(-c2cccnc2)n1C1CCCN(Cc2ccc(F)cc2F)C1. The smallest absolute Gasteiger partial charge is 0.141 e. The van der Waals surface area contributed by atoms with Crippen LogP contribution in [0.25, 0.3) is 11.4 Å². The molecule has 1 aliphatic heterocycles. The zero-order valence-corrected chi connectivity index (χ0v) is 15.3. The van der Waals surface area contributed by atoms with Crippen LogP contribution in [0, 0.1) is 18.6 Å². The summed E-state index contributed by atoms with van der Waals surface area (Å²) < 4.78 is 29.5. The molecule has 0 aliphatic carbocycles. The van der Waals surface area contributed by atoms with Gasteiger partial charge >= 0.3 is 0 Å². The minimum atomic E-state index is -0.539. The van der Waals surface area contributed by atoms with Crippen LogP contribution in [0.2, 0.25) is 0 Å². The van der Waals surface area contributed by atoms with Crippen molar-refractivity contribution >= 4 is 0 Å². The Labute approximate surface area is 157 Å². The lowest BCUT2D eigenvalue weighted by Crippen LogP contribution is -2.36. The molecule has 140 valence electrons. The molecule has 3 heterocycles. The van der Waals surface area contributed by atoms with Crippen LogP contribution < -0.4 is 0 Å². The summed E-state index contributed by atoms with van der Waals surface area (Å²) in [6.45, 7) is 4.26. The third-order valence-electron chi connectivity index (χ3n) is 5.16. The fourth-order valence-electron chi connectivity index (χ4n) is 3.89. The molecule has 1 fully saturated rings. The third-order valence-corrected chi connectivity index (χ3v) is 5.16. The van der Waals surface area contributed by atoms with E-state index < -0.39 is 11.6 Å². The molecular formula is C21H22F2N4. The van der Waals surface area contributed by atoms with Crippen LogP contribution in [0.15, 0.2) is 48.9 Å². The van der Waals surface area contributed by atoms with Crippen LogP contribution in [-0.2, 0) is 6.54 Å². The topological polar surface area (TPSA) is 34.0 Å². The fourth-order valence-corrected chi connectivity index (χ4v) is 3.89. The van der Waals surface area contributed by atoms with Crippen LogP contribution in [0.5, 0.6) is 0 Å². The highest BCUT2D eigenvalue weighted by Gasteiger charge is 2.25. The van der Waals surface area contributed by atoms with Crippen molar-refractivity contribution in [2.24, 2.45) is 0 Å². The first-order valence-electron chi connectivity index (χ1n) is 9.22. The lowest BCUT2D eigenvalue weighted by molar-refractivity contribution is 0.168. The predicted molar refractivity (Wildman–Crippen MR) is 100 cm³/mol. The van der Waals surface area contributed by atoms with Crippen molar-refractivity contribution in [2.45, 2.75) is 32.4 Å². The number of imidazole rings is 1. The normalized spacial score (nSPS) is 18.0. The van der Waals surface area contributed by atoms with Gasteiger partial charge in [-0.25, -0.2) is 13.8 Å². The van der Waals surface area contributed by atoms with E-state index in [0.717, 1.165) is 49.1 Å². The van der Waals surface area contributed by atoms with Gasteiger partial charge in [0.15, 0.2) is 0 Å². The molecule has 0 radical (unpaired) electrons. The minimum absolute atomic E-state index is 0.264. The second-order valence-electron chi connectivity index (χ2n) is 7.10. The molecule has 1 atom stereocenters. The average Bonchev–Trinajstić information content (AvgIpc) is 3.06. The van der Waals surface area contributed by atoms with Crippen molar-refractivity contribution in [3.05, 3.63) is 71.8 Å². The molecular weight excluding hydrogens is 346 g/mol. The third kappa shape index (κ3) is 3.76. The van der Waals surface area contributed by atoms with Crippen LogP contribution in [0.1, 0.15) is 30.1 Å². The average molecular weight is 368 g/mol. The molecule has 4 rings (SSSR count). The number of rotatable bonds is 4. The summed E-state index contributed by atoms with van der Waals surface area (Å²) >= 11 is 0. The molecule has 0 spiro atoms. The minimum Gasteiger partial charge on any atom is -0.324 e. The Hall–Kier alpha value is -2.60. The summed E-state index contributed by atoms with van der Waals surface area (Å²) in [5, 5.41) is 0. The Bertz CT molecular complexity index is 923. The van der Waals surface area contributed by atoms with E-state index in [0.29, 0.717) is 12.1 Å². The monoisotopic (exact) mass is 368 g/mol. The number of benzene rings is 1. The van der Waals surface area contributed by atoms with Gasteiger partial charge in [-0.2, -0.15) is 0 Å². The summed E-state index contributed by atoms with van der Waals surface area (Å²) in [5.74, 6) is -0.102. The highest BCUT2D eigenvalue weighted by molar-refractivity contribution is 5.54. The Balaban J connectivity index is 1.56. The van der Waals surface area contributed by atoms with Crippen molar-refractivity contribution in [1.29, 1.82) is 0 Å². The van der Waals surface area contributed by atoms with Gasteiger partial charge < -0.3 is 4.57 Å². The summed E-state index contributed by atoms with van der Waals surface area (Å²) in [4.78, 5) is 11.0. The molecule has 27 heavy (non-hydrogen) atoms. The van der Waals surface area contributed by atoms with E-state index in [9.17, 15) is 8.78 Å². The Morgan fingerprint density at radius 1 is 1.19 bits per heavy atom. The van der Waals surface area contributed by atoms with Crippen molar-refractivity contribution in [2.75, 3.05) is 13.1 Å². The summed E-state index contributed by atoms with van der Waals surface area (Å²) in [6.07, 6.45) is 7.54. The van der Waals surface area contributed by atoms with E-state index in [1.165, 1.54) is 12.1 Å². The highest BCUT2D eigenvalue weighted by Crippen LogP contribution is 2.30. The molecule has 4 nitrogen and oxygen atoms in total. The first-order valence-corrected chi connectivity index (χ1v) is 9.22. The van der Waals surface area contributed by atoms with Gasteiger partial charge in [-0.15, -0.1) is 0 Å². The van der Waals surface area contributed by atoms with Crippen molar-refractivity contribution in [3.63, 3.8) is 0 Å². The Morgan fingerprint density at radius 2 is 2.07 bits per heavy atom. The number of nitrogens with zero attached hydrogens (tertiary/aromatic N) is 4. The van der Waals surface area contributed by atoms with Crippen molar-refractivity contribution in [1.82, 2.24) is 19.4 Å². The number of aryl methyl sites for hydroxylation is 1. The summed E-state index contributed by atoms with van der Waals surface area (Å²) in [6, 6.07) is 8.00. The van der Waals surface area contributed by atoms with Gasteiger partial charge in [-0.05, 0) is 44.5 Å². The maximum absolute atomic E-state index is 14.0.